The van der Waals surface area contributed by atoms with Gasteiger partial charge in [-0.25, -0.2) is 0 Å². The third-order valence-corrected chi connectivity index (χ3v) is 8.94. The Bertz CT molecular complexity index is 1730. The molecule has 3 heterocycles. The van der Waals surface area contributed by atoms with Gasteiger partial charge in [-0.3, -0.25) is 9.78 Å². The molecule has 2 atom stereocenters. The molecule has 2 N–H and O–H groups in total. The highest BCUT2D eigenvalue weighted by molar-refractivity contribution is 7.80. The Balaban J connectivity index is 1.32. The number of hydrogen-bond donors (Lipinski definition) is 2. The predicted octanol–water partition coefficient (Wildman–Crippen LogP) is 7.56. The largest absolute Gasteiger partial charge is 0.484 e. The number of carbonyl (C=O) groups is 1. The quantitative estimate of drug-likeness (QED) is 0.206. The number of benzene rings is 3. The molecule has 1 saturated heterocycles. The van der Waals surface area contributed by atoms with E-state index in [0.717, 1.165) is 28.2 Å². The van der Waals surface area contributed by atoms with Crippen LogP contribution in [0.3, 0.4) is 0 Å². The fourth-order valence-electron chi connectivity index (χ4n) is 5.93. The van der Waals surface area contributed by atoms with E-state index in [1.807, 2.05) is 72.8 Å². The van der Waals surface area contributed by atoms with E-state index in [2.05, 4.69) is 71.4 Å². The van der Waals surface area contributed by atoms with Crippen LogP contribution in [0.25, 0.3) is 5.57 Å². The summed E-state index contributed by atoms with van der Waals surface area (Å²) in [5, 5.41) is 7.64. The van der Waals surface area contributed by atoms with Crippen molar-refractivity contribution in [2.45, 2.75) is 38.4 Å². The van der Waals surface area contributed by atoms with Crippen LogP contribution in [0.5, 0.6) is 5.75 Å². The summed E-state index contributed by atoms with van der Waals surface area (Å²) >= 11 is 13.1. The van der Waals surface area contributed by atoms with Crippen molar-refractivity contribution in [3.05, 3.63) is 119 Å². The Morgan fingerprint density at radius 1 is 1.07 bits per heavy atom. The summed E-state index contributed by atoms with van der Waals surface area (Å²) in [5.74, 6) is 0.397. The molecule has 3 aromatic carbocycles. The number of thiocarbonyl (C=S) groups is 1. The molecule has 2 aliphatic rings. The number of amides is 1. The highest BCUT2D eigenvalue weighted by Crippen LogP contribution is 2.48. The summed E-state index contributed by atoms with van der Waals surface area (Å²) in [6, 6.07) is 26.5. The Morgan fingerprint density at radius 2 is 1.80 bits per heavy atom. The minimum atomic E-state index is -0.275. The van der Waals surface area contributed by atoms with Gasteiger partial charge < -0.3 is 25.2 Å². The van der Waals surface area contributed by atoms with Crippen molar-refractivity contribution in [2.75, 3.05) is 28.8 Å². The number of para-hydroxylation sites is 1. The van der Waals surface area contributed by atoms with Crippen molar-refractivity contribution in [2.24, 2.45) is 0 Å². The van der Waals surface area contributed by atoms with E-state index < -0.39 is 0 Å². The normalized spacial score (nSPS) is 18.8. The number of fused-ring (bicyclic) bond motifs is 1. The van der Waals surface area contributed by atoms with Crippen molar-refractivity contribution in [3.63, 3.8) is 0 Å². The number of carbonyl (C=O) groups excluding carboxylic acids is 1. The van der Waals surface area contributed by atoms with E-state index in [1.54, 1.807) is 6.20 Å². The number of nitrogens with one attached hydrogen (secondary N) is 2. The molecular weight excluding hydrogens is 590 g/mol. The van der Waals surface area contributed by atoms with Crippen LogP contribution >= 0.6 is 23.8 Å². The van der Waals surface area contributed by atoms with Crippen molar-refractivity contribution in [1.82, 2.24) is 10.3 Å². The molecule has 0 spiro atoms. The zero-order valence-electron chi connectivity index (χ0n) is 25.0. The molecule has 9 heteroatoms. The molecule has 0 aliphatic carbocycles. The van der Waals surface area contributed by atoms with Crippen LogP contribution < -0.4 is 25.2 Å². The number of hydrogen-bond acceptors (Lipinski definition) is 5. The Hall–Kier alpha value is -4.40. The summed E-state index contributed by atoms with van der Waals surface area (Å²) < 4.78 is 5.58. The number of allylic oxidation sites excluding steroid dienone is 1. The molecule has 1 aromatic heterocycles. The number of nitrogens with zero attached hydrogens (tertiary/aromatic N) is 3. The minimum Gasteiger partial charge on any atom is -0.484 e. The lowest BCUT2D eigenvalue weighted by Gasteiger charge is -2.41. The van der Waals surface area contributed by atoms with Crippen LogP contribution in [0.15, 0.2) is 97.2 Å². The van der Waals surface area contributed by atoms with E-state index in [1.165, 1.54) is 5.57 Å². The van der Waals surface area contributed by atoms with E-state index in [4.69, 9.17) is 28.6 Å². The average molecular weight is 624 g/mol. The topological polar surface area (TPSA) is 69.7 Å². The number of aromatic nitrogens is 1. The van der Waals surface area contributed by atoms with E-state index >= 15 is 0 Å². The summed E-state index contributed by atoms with van der Waals surface area (Å²) in [6.45, 7) is 6.45. The number of pyridine rings is 1. The van der Waals surface area contributed by atoms with Gasteiger partial charge in [0.2, 0.25) is 0 Å². The molecule has 6 rings (SSSR count). The van der Waals surface area contributed by atoms with Crippen molar-refractivity contribution in [1.29, 1.82) is 0 Å². The first-order valence-corrected chi connectivity index (χ1v) is 15.3. The molecule has 0 bridgehead atoms. The van der Waals surface area contributed by atoms with E-state index in [-0.39, 0.29) is 30.1 Å². The summed E-state index contributed by atoms with van der Waals surface area (Å²) in [7, 11) is 2.10. The molecule has 4 aromatic rings. The smallest absolute Gasteiger partial charge is 0.262 e. The second kappa shape index (κ2) is 11.9. The van der Waals surface area contributed by atoms with Crippen LogP contribution in [-0.2, 0) is 4.79 Å². The van der Waals surface area contributed by atoms with Gasteiger partial charge in [-0.1, -0.05) is 41.9 Å². The van der Waals surface area contributed by atoms with Gasteiger partial charge in [-0.05, 0) is 105 Å². The zero-order valence-corrected chi connectivity index (χ0v) is 26.6. The number of ether oxygens (including phenoxy) is 1. The van der Waals surface area contributed by atoms with Gasteiger partial charge in [-0.2, -0.15) is 0 Å². The molecule has 44 heavy (non-hydrogen) atoms. The van der Waals surface area contributed by atoms with Crippen molar-refractivity contribution >= 4 is 57.5 Å². The lowest BCUT2D eigenvalue weighted by atomic mass is 9.86. The molecule has 1 amide bonds. The first kappa shape index (κ1) is 29.7. The van der Waals surface area contributed by atoms with Gasteiger partial charge in [-0.15, -0.1) is 0 Å². The van der Waals surface area contributed by atoms with Gasteiger partial charge in [0.15, 0.2) is 11.7 Å². The molecule has 2 aliphatic heterocycles. The molecule has 0 unspecified atom stereocenters. The highest BCUT2D eigenvalue weighted by Gasteiger charge is 2.42. The van der Waals surface area contributed by atoms with E-state index in [0.29, 0.717) is 21.6 Å². The van der Waals surface area contributed by atoms with Gasteiger partial charge in [0.05, 0.1) is 23.3 Å². The number of anilines is 3. The van der Waals surface area contributed by atoms with Gasteiger partial charge in [0.1, 0.15) is 5.75 Å². The summed E-state index contributed by atoms with van der Waals surface area (Å²) in [4.78, 5) is 21.6. The van der Waals surface area contributed by atoms with Crippen LogP contribution in [0.1, 0.15) is 49.7 Å². The predicted molar refractivity (Wildman–Crippen MR) is 183 cm³/mol. The second-order valence-corrected chi connectivity index (χ2v) is 12.4. The second-order valence-electron chi connectivity index (χ2n) is 11.6. The van der Waals surface area contributed by atoms with E-state index in [9.17, 15) is 4.79 Å². The lowest BCUT2D eigenvalue weighted by molar-refractivity contribution is -0.118. The molecule has 0 saturated carbocycles. The fourth-order valence-corrected chi connectivity index (χ4v) is 6.55. The monoisotopic (exact) mass is 623 g/mol. The zero-order chi connectivity index (χ0) is 31.0. The van der Waals surface area contributed by atoms with Crippen LogP contribution in [0.2, 0.25) is 5.02 Å². The average Bonchev–Trinajstić information content (AvgIpc) is 3.36. The van der Waals surface area contributed by atoms with Crippen LogP contribution in [0, 0.1) is 0 Å². The maximum Gasteiger partial charge on any atom is 0.262 e. The first-order valence-electron chi connectivity index (χ1n) is 14.5. The Labute approximate surface area is 268 Å². The Morgan fingerprint density at radius 3 is 2.50 bits per heavy atom. The van der Waals surface area contributed by atoms with Crippen LogP contribution in [0.4, 0.5) is 17.1 Å². The molecular formula is C35H34ClN5O2S. The first-order chi connectivity index (χ1) is 21.1. The number of likely N-dealkylation sites (N-methyl/N-ethyl adjacent to an activating group) is 1. The summed E-state index contributed by atoms with van der Waals surface area (Å²) in [5.41, 5.74) is 6.63. The third kappa shape index (κ3) is 5.75. The van der Waals surface area contributed by atoms with Gasteiger partial charge >= 0.3 is 0 Å². The molecule has 0 radical (unpaired) electrons. The Kier molecular flexibility index (Phi) is 8.05. The standard InChI is InChI=1S/C35H34ClN5O2S/c1-22-20-35(2,3)40(4)30-19-28(36)27(18-26(22)30)33-32(29-12-8-9-17-37-29)39-34(44)41(33)24-15-13-23(14-16-24)38-31(42)21-43-25-10-6-5-7-11-25/h5-20,32-33H,21H2,1-4H3,(H,38,42)(H,39,44)/t32-,33+/m0/s1. The highest BCUT2D eigenvalue weighted by atomic mass is 35.5. The summed E-state index contributed by atoms with van der Waals surface area (Å²) in [6.07, 6.45) is 4.08. The molecule has 224 valence electrons. The van der Waals surface area contributed by atoms with Crippen molar-refractivity contribution in [3.8, 4) is 5.75 Å². The van der Waals surface area contributed by atoms with Crippen molar-refractivity contribution < 1.29 is 9.53 Å². The van der Waals surface area contributed by atoms with Gasteiger partial charge in [0.25, 0.3) is 5.91 Å². The molecule has 1 fully saturated rings. The third-order valence-electron chi connectivity index (χ3n) is 8.29. The number of rotatable bonds is 7. The van der Waals surface area contributed by atoms with Gasteiger partial charge in [0, 0.05) is 40.9 Å². The maximum absolute atomic E-state index is 12.6. The fraction of sp³-hybridized carbons (Fsp3) is 0.229. The maximum atomic E-state index is 12.6. The lowest BCUT2D eigenvalue weighted by Crippen LogP contribution is -2.42. The number of halogens is 1. The van der Waals surface area contributed by atoms with Crippen LogP contribution in [-0.4, -0.2) is 35.2 Å². The SMILES string of the molecule is CC1=CC(C)(C)N(C)c2cc(Cl)c([C@@H]3[C@H](c4ccccn4)NC(=S)N3c3ccc(NC(=O)COc4ccccc4)cc3)cc21. The molecule has 7 nitrogen and oxygen atoms in total. The minimum absolute atomic E-state index is 0.0865.